The predicted molar refractivity (Wildman–Crippen MR) is 97.7 cm³/mol. The van der Waals surface area contributed by atoms with Crippen molar-refractivity contribution in [1.29, 1.82) is 0 Å². The normalized spacial score (nSPS) is 11.2. The summed E-state index contributed by atoms with van der Waals surface area (Å²) in [5, 5.41) is 6.22. The molecule has 3 rings (SSSR count). The Balaban J connectivity index is 1.58. The lowest BCUT2D eigenvalue weighted by Gasteiger charge is -2.06. The molecule has 5 heteroatoms. The minimum atomic E-state index is -0.00692. The molecule has 0 atom stereocenters. The van der Waals surface area contributed by atoms with Crippen molar-refractivity contribution in [1.82, 2.24) is 5.32 Å². The van der Waals surface area contributed by atoms with Crippen LogP contribution in [0.15, 0.2) is 47.1 Å². The van der Waals surface area contributed by atoms with Gasteiger partial charge in [-0.1, -0.05) is 30.3 Å². The Bertz CT molecular complexity index is 840. The Morgan fingerprint density at radius 3 is 2.88 bits per heavy atom. The number of hydrogen-bond acceptors (Lipinski definition) is 4. The minimum absolute atomic E-state index is 0.00692. The molecule has 3 aromatic rings. The molecular weight excluding hydrogens is 318 g/mol. The molecule has 1 amide bonds. The van der Waals surface area contributed by atoms with Gasteiger partial charge >= 0.3 is 0 Å². The molecule has 0 saturated carbocycles. The first-order valence-corrected chi connectivity index (χ1v) is 8.51. The van der Waals surface area contributed by atoms with Crippen LogP contribution in [0.5, 0.6) is 0 Å². The van der Waals surface area contributed by atoms with Gasteiger partial charge in [-0.3, -0.25) is 4.79 Å². The summed E-state index contributed by atoms with van der Waals surface area (Å²) in [4.78, 5) is 12.2. The highest BCUT2D eigenvalue weighted by molar-refractivity contribution is 6.08. The van der Waals surface area contributed by atoms with Crippen molar-refractivity contribution < 1.29 is 18.7 Å². The summed E-state index contributed by atoms with van der Waals surface area (Å²) in [5.74, 6) is -0.00692. The van der Waals surface area contributed by atoms with Gasteiger partial charge in [-0.15, -0.1) is 0 Å². The first-order valence-electron chi connectivity index (χ1n) is 8.51. The average Bonchev–Trinajstić information content (AvgIpc) is 3.04. The van der Waals surface area contributed by atoms with E-state index in [1.807, 2.05) is 24.3 Å². The van der Waals surface area contributed by atoms with E-state index in [4.69, 9.17) is 13.9 Å². The van der Waals surface area contributed by atoms with Crippen molar-refractivity contribution in [3.05, 3.63) is 48.2 Å². The van der Waals surface area contributed by atoms with Crippen LogP contribution >= 0.6 is 0 Å². The van der Waals surface area contributed by atoms with Crippen molar-refractivity contribution in [3.8, 4) is 0 Å². The molecule has 5 nitrogen and oxygen atoms in total. The molecule has 0 unspecified atom stereocenters. The van der Waals surface area contributed by atoms with E-state index in [2.05, 4.69) is 17.4 Å². The maximum atomic E-state index is 12.2. The molecule has 0 aliphatic rings. The first-order chi connectivity index (χ1) is 12.3. The van der Waals surface area contributed by atoms with Crippen LogP contribution in [-0.4, -0.2) is 39.4 Å². The maximum absolute atomic E-state index is 12.2. The van der Waals surface area contributed by atoms with Gasteiger partial charge in [-0.05, 0) is 23.3 Å². The third-order valence-electron chi connectivity index (χ3n) is 4.11. The number of methoxy groups -OCH3 is 1. The molecule has 0 fully saturated rings. The third kappa shape index (κ3) is 4.38. The van der Waals surface area contributed by atoms with Crippen molar-refractivity contribution in [2.75, 3.05) is 33.5 Å². The molecule has 25 heavy (non-hydrogen) atoms. The second-order valence-corrected chi connectivity index (χ2v) is 5.91. The van der Waals surface area contributed by atoms with Gasteiger partial charge in [-0.25, -0.2) is 0 Å². The number of carbonyl (C=O) groups excluding carboxylic acids is 1. The SMILES string of the molecule is COCCOCCCNC(=O)Cc1coc2ccc3ccccc3c12. The third-order valence-corrected chi connectivity index (χ3v) is 4.11. The van der Waals surface area contributed by atoms with Crippen molar-refractivity contribution in [2.24, 2.45) is 0 Å². The standard InChI is InChI=1S/C20H23NO4/c1-23-11-12-24-10-4-9-21-19(22)13-16-14-25-18-8-7-15-5-2-3-6-17(15)20(16)18/h2-3,5-8,14H,4,9-13H2,1H3,(H,21,22). The van der Waals surface area contributed by atoms with Crippen LogP contribution in [0.1, 0.15) is 12.0 Å². The Morgan fingerprint density at radius 1 is 1.12 bits per heavy atom. The summed E-state index contributed by atoms with van der Waals surface area (Å²) in [6.45, 7) is 2.39. The summed E-state index contributed by atoms with van der Waals surface area (Å²) in [7, 11) is 1.65. The number of amides is 1. The highest BCUT2D eigenvalue weighted by atomic mass is 16.5. The zero-order chi connectivity index (χ0) is 17.5. The van der Waals surface area contributed by atoms with Gasteiger partial charge < -0.3 is 19.2 Å². The summed E-state index contributed by atoms with van der Waals surface area (Å²) in [5.41, 5.74) is 1.73. The Hall–Kier alpha value is -2.37. The zero-order valence-corrected chi connectivity index (χ0v) is 14.4. The Morgan fingerprint density at radius 2 is 2.00 bits per heavy atom. The molecule has 0 radical (unpaired) electrons. The van der Waals surface area contributed by atoms with Crippen LogP contribution in [-0.2, 0) is 20.7 Å². The second-order valence-electron chi connectivity index (χ2n) is 5.91. The average molecular weight is 341 g/mol. The number of hydrogen-bond donors (Lipinski definition) is 1. The lowest BCUT2D eigenvalue weighted by molar-refractivity contribution is -0.120. The van der Waals surface area contributed by atoms with Crippen molar-refractivity contribution in [3.63, 3.8) is 0 Å². The van der Waals surface area contributed by atoms with E-state index in [0.717, 1.165) is 33.7 Å². The molecule has 0 saturated heterocycles. The monoisotopic (exact) mass is 341 g/mol. The lowest BCUT2D eigenvalue weighted by Crippen LogP contribution is -2.26. The highest BCUT2D eigenvalue weighted by Gasteiger charge is 2.12. The summed E-state index contributed by atoms with van der Waals surface area (Å²) < 4.78 is 15.9. The van der Waals surface area contributed by atoms with E-state index >= 15 is 0 Å². The number of rotatable bonds is 9. The minimum Gasteiger partial charge on any atom is -0.464 e. The number of ether oxygens (including phenoxy) is 2. The fourth-order valence-corrected chi connectivity index (χ4v) is 2.89. The largest absolute Gasteiger partial charge is 0.464 e. The van der Waals surface area contributed by atoms with Gasteiger partial charge in [0.2, 0.25) is 5.91 Å². The van der Waals surface area contributed by atoms with Gasteiger partial charge in [0.25, 0.3) is 0 Å². The second kappa shape index (κ2) is 8.65. The number of furan rings is 1. The van der Waals surface area contributed by atoms with Crippen LogP contribution in [0.25, 0.3) is 21.7 Å². The van der Waals surface area contributed by atoms with Crippen LogP contribution in [0, 0.1) is 0 Å². The number of nitrogens with one attached hydrogen (secondary N) is 1. The molecule has 0 aliphatic heterocycles. The van der Waals surface area contributed by atoms with E-state index in [-0.39, 0.29) is 5.91 Å². The molecular formula is C20H23NO4. The lowest BCUT2D eigenvalue weighted by atomic mass is 10.0. The van der Waals surface area contributed by atoms with E-state index in [9.17, 15) is 4.79 Å². The summed E-state index contributed by atoms with van der Waals surface area (Å²) in [6.07, 6.45) is 2.78. The number of fused-ring (bicyclic) bond motifs is 3. The quantitative estimate of drug-likeness (QED) is 0.607. The Labute approximate surface area is 146 Å². The van der Waals surface area contributed by atoms with Crippen molar-refractivity contribution in [2.45, 2.75) is 12.8 Å². The van der Waals surface area contributed by atoms with Crippen LogP contribution < -0.4 is 5.32 Å². The van der Waals surface area contributed by atoms with E-state index in [0.29, 0.717) is 32.8 Å². The van der Waals surface area contributed by atoms with Gasteiger partial charge in [0, 0.05) is 31.2 Å². The molecule has 0 aliphatic carbocycles. The predicted octanol–water partition coefficient (Wildman–Crippen LogP) is 3.30. The topological polar surface area (TPSA) is 60.7 Å². The molecule has 1 heterocycles. The van der Waals surface area contributed by atoms with Crippen LogP contribution in [0.2, 0.25) is 0 Å². The molecule has 2 aromatic carbocycles. The van der Waals surface area contributed by atoms with E-state index < -0.39 is 0 Å². The molecule has 1 aromatic heterocycles. The van der Waals surface area contributed by atoms with E-state index in [1.54, 1.807) is 13.4 Å². The van der Waals surface area contributed by atoms with Gasteiger partial charge in [-0.2, -0.15) is 0 Å². The van der Waals surface area contributed by atoms with Crippen LogP contribution in [0.3, 0.4) is 0 Å². The number of carbonyl (C=O) groups is 1. The van der Waals surface area contributed by atoms with Crippen LogP contribution in [0.4, 0.5) is 0 Å². The summed E-state index contributed by atoms with van der Waals surface area (Å²) >= 11 is 0. The Kier molecular flexibility index (Phi) is 6.04. The number of benzene rings is 2. The van der Waals surface area contributed by atoms with Crippen molar-refractivity contribution >= 4 is 27.6 Å². The van der Waals surface area contributed by atoms with E-state index in [1.165, 1.54) is 0 Å². The fourth-order valence-electron chi connectivity index (χ4n) is 2.89. The smallest absolute Gasteiger partial charge is 0.224 e. The zero-order valence-electron chi connectivity index (χ0n) is 14.4. The van der Waals surface area contributed by atoms with Gasteiger partial charge in [0.1, 0.15) is 5.58 Å². The molecule has 0 spiro atoms. The van der Waals surface area contributed by atoms with Gasteiger partial charge in [0.15, 0.2) is 0 Å². The molecule has 1 N–H and O–H groups in total. The molecule has 0 bridgehead atoms. The molecule has 132 valence electrons. The highest BCUT2D eigenvalue weighted by Crippen LogP contribution is 2.30. The maximum Gasteiger partial charge on any atom is 0.224 e. The fraction of sp³-hybridized carbons (Fsp3) is 0.350. The first kappa shape index (κ1) is 17.5. The summed E-state index contributed by atoms with van der Waals surface area (Å²) in [6, 6.07) is 12.1. The van der Waals surface area contributed by atoms with Gasteiger partial charge in [0.05, 0.1) is 25.9 Å².